The van der Waals surface area contributed by atoms with Crippen LogP contribution in [-0.4, -0.2) is 50.4 Å². The van der Waals surface area contributed by atoms with Crippen LogP contribution < -0.4 is 14.4 Å². The van der Waals surface area contributed by atoms with Crippen molar-refractivity contribution in [1.29, 1.82) is 0 Å². The van der Waals surface area contributed by atoms with E-state index < -0.39 is 28.5 Å². The fourth-order valence-electron chi connectivity index (χ4n) is 5.07. The maximum Gasteiger partial charge on any atom is 0.264 e. The third-order valence-corrected chi connectivity index (χ3v) is 9.56. The fraction of sp³-hybridized carbons (Fsp3) is 0.297. The molecule has 0 unspecified atom stereocenters. The van der Waals surface area contributed by atoms with Crippen LogP contribution in [0.5, 0.6) is 5.75 Å². The largest absolute Gasteiger partial charge is 0.492 e. The average molecular weight is 642 g/mol. The van der Waals surface area contributed by atoms with Crippen molar-refractivity contribution in [2.75, 3.05) is 17.5 Å². The number of rotatable bonds is 15. The molecule has 2 amide bonds. The zero-order chi connectivity index (χ0) is 33.1. The van der Waals surface area contributed by atoms with Gasteiger partial charge in [-0.3, -0.25) is 13.9 Å². The quantitative estimate of drug-likeness (QED) is 0.168. The van der Waals surface area contributed by atoms with Crippen LogP contribution in [0.25, 0.3) is 0 Å². The Labute approximate surface area is 273 Å². The molecule has 0 bridgehead atoms. The van der Waals surface area contributed by atoms with Crippen molar-refractivity contribution in [2.45, 2.75) is 64.1 Å². The van der Waals surface area contributed by atoms with Crippen LogP contribution in [0.15, 0.2) is 114 Å². The Morgan fingerprint density at radius 1 is 0.804 bits per heavy atom. The number of hydrogen-bond donors (Lipinski definition) is 1. The Bertz CT molecular complexity index is 1680. The van der Waals surface area contributed by atoms with Crippen LogP contribution in [0.4, 0.5) is 5.69 Å². The molecule has 0 saturated carbocycles. The second kappa shape index (κ2) is 16.1. The van der Waals surface area contributed by atoms with Crippen LogP contribution in [0.1, 0.15) is 43.9 Å². The molecule has 0 fully saturated rings. The Hall–Kier alpha value is -4.63. The van der Waals surface area contributed by atoms with Crippen LogP contribution in [0.3, 0.4) is 0 Å². The molecule has 0 aliphatic carbocycles. The van der Waals surface area contributed by atoms with Crippen LogP contribution in [0.2, 0.25) is 0 Å². The highest BCUT2D eigenvalue weighted by molar-refractivity contribution is 7.92. The van der Waals surface area contributed by atoms with Gasteiger partial charge in [0.25, 0.3) is 10.0 Å². The first-order valence-electron chi connectivity index (χ1n) is 15.6. The van der Waals surface area contributed by atoms with E-state index in [-0.39, 0.29) is 35.5 Å². The van der Waals surface area contributed by atoms with Crippen molar-refractivity contribution in [3.8, 4) is 5.75 Å². The lowest BCUT2D eigenvalue weighted by Crippen LogP contribution is -2.54. The Morgan fingerprint density at radius 2 is 1.39 bits per heavy atom. The Morgan fingerprint density at radius 3 is 2.00 bits per heavy atom. The molecular formula is C37H43N3O5S. The molecule has 46 heavy (non-hydrogen) atoms. The SMILES string of the molecule is CCOc1ccccc1N(CC(=O)N(Cc1ccccc1)[C@H](Cc1ccccc1)C(=O)N[C@@H](C)CC)S(=O)(=O)c1ccc(C)cc1. The summed E-state index contributed by atoms with van der Waals surface area (Å²) in [5, 5.41) is 3.06. The monoisotopic (exact) mass is 641 g/mol. The number of carbonyl (C=O) groups excluding carboxylic acids is 2. The van der Waals surface area contributed by atoms with Crippen molar-refractivity contribution >= 4 is 27.5 Å². The molecule has 4 rings (SSSR count). The van der Waals surface area contributed by atoms with E-state index in [4.69, 9.17) is 4.74 Å². The van der Waals surface area contributed by atoms with Gasteiger partial charge in [0.2, 0.25) is 11.8 Å². The van der Waals surface area contributed by atoms with Gasteiger partial charge in [0, 0.05) is 19.0 Å². The minimum absolute atomic E-state index is 0.0437. The van der Waals surface area contributed by atoms with E-state index in [0.717, 1.165) is 21.0 Å². The molecule has 0 radical (unpaired) electrons. The van der Waals surface area contributed by atoms with E-state index in [1.54, 1.807) is 36.4 Å². The first-order valence-corrected chi connectivity index (χ1v) is 17.1. The van der Waals surface area contributed by atoms with E-state index in [2.05, 4.69) is 5.32 Å². The lowest BCUT2D eigenvalue weighted by atomic mass is 10.0. The molecule has 242 valence electrons. The molecular weight excluding hydrogens is 598 g/mol. The molecule has 0 heterocycles. The van der Waals surface area contributed by atoms with E-state index >= 15 is 0 Å². The molecule has 8 nitrogen and oxygen atoms in total. The summed E-state index contributed by atoms with van der Waals surface area (Å²) >= 11 is 0. The summed E-state index contributed by atoms with van der Waals surface area (Å²) in [5.41, 5.74) is 2.83. The summed E-state index contributed by atoms with van der Waals surface area (Å²) in [4.78, 5) is 30.1. The number of anilines is 1. The Balaban J connectivity index is 1.83. The van der Waals surface area contributed by atoms with Crippen LogP contribution in [-0.2, 0) is 32.6 Å². The standard InChI is InChI=1S/C37H43N3O5S/c1-5-29(4)38-37(42)34(25-30-15-9-7-10-16-30)39(26-31-17-11-8-12-18-31)36(41)27-40(33-19-13-14-20-35(33)45-6-2)46(43,44)32-23-21-28(3)22-24-32/h7-24,29,34H,5-6,25-27H2,1-4H3,(H,38,42)/t29-,34+/m0/s1. The summed E-state index contributed by atoms with van der Waals surface area (Å²) in [6, 6.07) is 31.2. The number of nitrogens with zero attached hydrogens (tertiary/aromatic N) is 2. The molecule has 0 spiro atoms. The van der Waals surface area contributed by atoms with Gasteiger partial charge in [-0.1, -0.05) is 97.4 Å². The number of ether oxygens (including phenoxy) is 1. The van der Waals surface area contributed by atoms with Gasteiger partial charge in [-0.05, 0) is 62.6 Å². The number of benzene rings is 4. The molecule has 0 saturated heterocycles. The average Bonchev–Trinajstić information content (AvgIpc) is 3.06. The van der Waals surface area contributed by atoms with Gasteiger partial charge in [0.05, 0.1) is 17.2 Å². The normalized spacial score (nSPS) is 12.5. The molecule has 9 heteroatoms. The molecule has 0 aliphatic heterocycles. The van der Waals surface area contributed by atoms with E-state index in [9.17, 15) is 18.0 Å². The predicted molar refractivity (Wildman–Crippen MR) is 182 cm³/mol. The number of hydrogen-bond acceptors (Lipinski definition) is 5. The third-order valence-electron chi connectivity index (χ3n) is 7.79. The van der Waals surface area contributed by atoms with E-state index in [0.29, 0.717) is 18.8 Å². The van der Waals surface area contributed by atoms with E-state index in [1.165, 1.54) is 17.0 Å². The van der Waals surface area contributed by atoms with Gasteiger partial charge in [-0.2, -0.15) is 0 Å². The van der Waals surface area contributed by atoms with Gasteiger partial charge < -0.3 is 15.0 Å². The molecule has 2 atom stereocenters. The van der Waals surface area contributed by atoms with Gasteiger partial charge >= 0.3 is 0 Å². The van der Waals surface area contributed by atoms with E-state index in [1.807, 2.05) is 88.4 Å². The maximum atomic E-state index is 14.6. The molecule has 4 aromatic rings. The van der Waals surface area contributed by atoms with Crippen molar-refractivity contribution in [1.82, 2.24) is 10.2 Å². The Kier molecular flexibility index (Phi) is 12.0. The fourth-order valence-corrected chi connectivity index (χ4v) is 6.49. The topological polar surface area (TPSA) is 96.0 Å². The number of amides is 2. The zero-order valence-electron chi connectivity index (χ0n) is 26.9. The minimum Gasteiger partial charge on any atom is -0.492 e. The molecule has 4 aromatic carbocycles. The maximum absolute atomic E-state index is 14.6. The van der Waals surface area contributed by atoms with Crippen LogP contribution >= 0.6 is 0 Å². The third kappa shape index (κ3) is 8.75. The lowest BCUT2D eigenvalue weighted by molar-refractivity contribution is -0.140. The predicted octanol–water partition coefficient (Wildman–Crippen LogP) is 6.14. The van der Waals surface area contributed by atoms with Crippen molar-refractivity contribution in [3.63, 3.8) is 0 Å². The second-order valence-electron chi connectivity index (χ2n) is 11.3. The second-order valence-corrected chi connectivity index (χ2v) is 13.1. The molecule has 0 aliphatic rings. The highest BCUT2D eigenvalue weighted by Gasteiger charge is 2.35. The van der Waals surface area contributed by atoms with Crippen molar-refractivity contribution < 1.29 is 22.7 Å². The smallest absolute Gasteiger partial charge is 0.264 e. The zero-order valence-corrected chi connectivity index (χ0v) is 27.7. The highest BCUT2D eigenvalue weighted by atomic mass is 32.2. The van der Waals surface area contributed by atoms with Crippen molar-refractivity contribution in [2.24, 2.45) is 0 Å². The number of sulfonamides is 1. The first-order chi connectivity index (χ1) is 22.1. The van der Waals surface area contributed by atoms with Gasteiger partial charge in [0.15, 0.2) is 0 Å². The first kappa shape index (κ1) is 34.2. The number of aryl methyl sites for hydroxylation is 1. The number of para-hydroxylation sites is 2. The lowest BCUT2D eigenvalue weighted by Gasteiger charge is -2.34. The molecule has 1 N–H and O–H groups in total. The highest BCUT2D eigenvalue weighted by Crippen LogP contribution is 2.33. The summed E-state index contributed by atoms with van der Waals surface area (Å²) in [7, 11) is -4.24. The number of carbonyl (C=O) groups is 2. The summed E-state index contributed by atoms with van der Waals surface area (Å²) in [6.07, 6.45) is 0.967. The summed E-state index contributed by atoms with van der Waals surface area (Å²) in [6.45, 7) is 7.45. The molecule has 0 aromatic heterocycles. The summed E-state index contributed by atoms with van der Waals surface area (Å²) in [5.74, 6) is -0.491. The number of nitrogens with one attached hydrogen (secondary N) is 1. The van der Waals surface area contributed by atoms with Gasteiger partial charge in [0.1, 0.15) is 18.3 Å². The minimum atomic E-state index is -4.24. The van der Waals surface area contributed by atoms with Crippen LogP contribution in [0, 0.1) is 6.92 Å². The van der Waals surface area contributed by atoms with Crippen molar-refractivity contribution in [3.05, 3.63) is 126 Å². The van der Waals surface area contributed by atoms with Gasteiger partial charge in [-0.25, -0.2) is 8.42 Å². The van der Waals surface area contributed by atoms with Gasteiger partial charge in [-0.15, -0.1) is 0 Å². The summed E-state index contributed by atoms with van der Waals surface area (Å²) < 4.78 is 35.6.